The Morgan fingerprint density at radius 1 is 1.21 bits per heavy atom. The molecule has 0 fully saturated rings. The second-order valence-corrected chi connectivity index (χ2v) is 9.20. The summed E-state index contributed by atoms with van der Waals surface area (Å²) >= 11 is 3.40. The molecule has 0 atom stereocenters. The number of rotatable bonds is 4. The normalized spacial score (nSPS) is 15.4. The van der Waals surface area contributed by atoms with E-state index in [9.17, 15) is 4.79 Å². The Morgan fingerprint density at radius 2 is 1.90 bits per heavy atom. The molecule has 0 saturated heterocycles. The summed E-state index contributed by atoms with van der Waals surface area (Å²) in [6.45, 7) is 13.2. The van der Waals surface area contributed by atoms with Gasteiger partial charge in [-0.1, -0.05) is 18.2 Å². The highest BCUT2D eigenvalue weighted by molar-refractivity contribution is 9.10. The number of nitrogens with one attached hydrogen (secondary N) is 1. The van der Waals surface area contributed by atoms with E-state index in [0.717, 1.165) is 15.6 Å². The van der Waals surface area contributed by atoms with Crippen LogP contribution in [0.5, 0.6) is 0 Å². The van der Waals surface area contributed by atoms with Crippen molar-refractivity contribution in [1.82, 2.24) is 5.43 Å². The lowest BCUT2D eigenvalue weighted by Gasteiger charge is -2.46. The zero-order valence-corrected chi connectivity index (χ0v) is 19.5. The van der Waals surface area contributed by atoms with E-state index in [1.54, 1.807) is 12.3 Å². The maximum atomic E-state index is 12.3. The highest BCUT2D eigenvalue weighted by Gasteiger charge is 2.33. The summed E-state index contributed by atoms with van der Waals surface area (Å²) < 4.78 is 0.745. The van der Waals surface area contributed by atoms with E-state index in [2.05, 4.69) is 91.1 Å². The van der Waals surface area contributed by atoms with Crippen LogP contribution in [0.15, 0.2) is 52.0 Å². The molecule has 0 radical (unpaired) electrons. The monoisotopic (exact) mass is 453 g/mol. The second kappa shape index (κ2) is 8.15. The number of aryl methyl sites for hydroxylation is 1. The summed E-state index contributed by atoms with van der Waals surface area (Å²) in [6.07, 6.45) is 4.04. The molecule has 0 aliphatic carbocycles. The fourth-order valence-corrected chi connectivity index (χ4v) is 4.63. The third-order valence-electron chi connectivity index (χ3n) is 5.26. The Balaban J connectivity index is 1.89. The fourth-order valence-electron chi connectivity index (χ4n) is 4.16. The Morgan fingerprint density at radius 3 is 2.55 bits per heavy atom. The molecule has 3 rings (SSSR count). The smallest absolute Gasteiger partial charge is 0.272 e. The van der Waals surface area contributed by atoms with Crippen LogP contribution in [0, 0.1) is 6.92 Å². The summed E-state index contributed by atoms with van der Waals surface area (Å²) in [7, 11) is 0. The zero-order chi connectivity index (χ0) is 21.3. The van der Waals surface area contributed by atoms with Crippen LogP contribution in [0.2, 0.25) is 0 Å². The Hall–Kier alpha value is -2.40. The largest absolute Gasteiger partial charge is 0.360 e. The predicted octanol–water partition coefficient (Wildman–Crippen LogP) is 5.93. The third-order valence-corrected chi connectivity index (χ3v) is 5.96. The Kier molecular flexibility index (Phi) is 5.99. The highest BCUT2D eigenvalue weighted by Crippen LogP contribution is 2.41. The third kappa shape index (κ3) is 4.30. The van der Waals surface area contributed by atoms with Crippen LogP contribution in [0.3, 0.4) is 0 Å². The SMILES string of the molecule is CC1=CC(C)(C)N(C(C)C)c2cc(C)c(/C=N\NC(=O)c3ccccc3Br)cc21. The molecule has 0 spiro atoms. The first-order valence-corrected chi connectivity index (χ1v) is 10.6. The molecule has 2 aromatic carbocycles. The molecule has 0 saturated carbocycles. The minimum absolute atomic E-state index is 0.0374. The van der Waals surface area contributed by atoms with Gasteiger partial charge in [0.1, 0.15) is 0 Å². The van der Waals surface area contributed by atoms with Gasteiger partial charge >= 0.3 is 0 Å². The minimum atomic E-state index is -0.242. The summed E-state index contributed by atoms with van der Waals surface area (Å²) in [6, 6.07) is 12.1. The van der Waals surface area contributed by atoms with Gasteiger partial charge in [-0.25, -0.2) is 5.43 Å². The van der Waals surface area contributed by atoms with Crippen molar-refractivity contribution >= 4 is 39.3 Å². The van der Waals surface area contributed by atoms with E-state index in [0.29, 0.717) is 11.6 Å². The molecule has 4 nitrogen and oxygen atoms in total. The maximum absolute atomic E-state index is 12.3. The van der Waals surface area contributed by atoms with Gasteiger partial charge in [0.2, 0.25) is 0 Å². The molecule has 152 valence electrons. The molecule has 29 heavy (non-hydrogen) atoms. The first-order valence-electron chi connectivity index (χ1n) is 9.83. The van der Waals surface area contributed by atoms with Crippen molar-refractivity contribution in [2.75, 3.05) is 4.90 Å². The van der Waals surface area contributed by atoms with E-state index in [4.69, 9.17) is 0 Å². The zero-order valence-electron chi connectivity index (χ0n) is 17.9. The molecular formula is C24H28BrN3O. The summed E-state index contributed by atoms with van der Waals surface area (Å²) in [5.74, 6) is -0.242. The molecule has 0 bridgehead atoms. The number of hydrogen-bond acceptors (Lipinski definition) is 3. The van der Waals surface area contributed by atoms with Crippen molar-refractivity contribution in [1.29, 1.82) is 0 Å². The Labute approximate surface area is 181 Å². The standard InChI is InChI=1S/C24H28BrN3O/c1-15(2)28-22-11-16(3)18(12-20(22)17(4)13-24(28,5)6)14-26-27-23(29)19-9-7-8-10-21(19)25/h7-15H,1-6H3,(H,27,29)/b26-14-. The van der Waals surface area contributed by atoms with Gasteiger partial charge in [-0.3, -0.25) is 4.79 Å². The molecule has 0 aromatic heterocycles. The van der Waals surface area contributed by atoms with Gasteiger partial charge in [0.05, 0.1) is 17.3 Å². The average molecular weight is 454 g/mol. The number of carbonyl (C=O) groups excluding carboxylic acids is 1. The molecule has 1 aliphatic rings. The number of fused-ring (bicyclic) bond motifs is 1. The molecule has 1 N–H and O–H groups in total. The number of halogens is 1. The lowest BCUT2D eigenvalue weighted by molar-refractivity contribution is 0.0954. The first kappa shape index (κ1) is 21.3. The van der Waals surface area contributed by atoms with Crippen molar-refractivity contribution in [2.24, 2.45) is 5.10 Å². The summed E-state index contributed by atoms with van der Waals surface area (Å²) in [5.41, 5.74) is 8.97. The quantitative estimate of drug-likeness (QED) is 0.460. The van der Waals surface area contributed by atoms with Crippen LogP contribution < -0.4 is 10.3 Å². The lowest BCUT2D eigenvalue weighted by atomic mass is 9.86. The van der Waals surface area contributed by atoms with E-state index < -0.39 is 0 Å². The van der Waals surface area contributed by atoms with E-state index in [1.165, 1.54) is 16.8 Å². The van der Waals surface area contributed by atoms with Crippen molar-refractivity contribution in [3.63, 3.8) is 0 Å². The van der Waals surface area contributed by atoms with Gasteiger partial charge in [-0.15, -0.1) is 0 Å². The van der Waals surface area contributed by atoms with Crippen molar-refractivity contribution in [3.8, 4) is 0 Å². The van der Waals surface area contributed by atoms with Crippen LogP contribution in [-0.4, -0.2) is 23.7 Å². The van der Waals surface area contributed by atoms with Crippen molar-refractivity contribution < 1.29 is 4.79 Å². The van der Waals surface area contributed by atoms with Gasteiger partial charge in [-0.2, -0.15) is 5.10 Å². The van der Waals surface area contributed by atoms with Crippen molar-refractivity contribution in [3.05, 3.63) is 69.2 Å². The summed E-state index contributed by atoms with van der Waals surface area (Å²) in [5, 5.41) is 4.20. The predicted molar refractivity (Wildman–Crippen MR) is 126 cm³/mol. The topological polar surface area (TPSA) is 44.7 Å². The minimum Gasteiger partial charge on any atom is -0.360 e. The van der Waals surface area contributed by atoms with Crippen LogP contribution in [-0.2, 0) is 0 Å². The van der Waals surface area contributed by atoms with E-state index in [-0.39, 0.29) is 11.4 Å². The van der Waals surface area contributed by atoms with Crippen LogP contribution in [0.4, 0.5) is 5.69 Å². The molecule has 1 aliphatic heterocycles. The number of hydrogen-bond donors (Lipinski definition) is 1. The van der Waals surface area contributed by atoms with Crippen molar-refractivity contribution in [2.45, 2.75) is 53.1 Å². The van der Waals surface area contributed by atoms with Gasteiger partial charge in [0.25, 0.3) is 5.91 Å². The number of hydrazone groups is 1. The van der Waals surface area contributed by atoms with Gasteiger partial charge in [0.15, 0.2) is 0 Å². The highest BCUT2D eigenvalue weighted by atomic mass is 79.9. The number of carbonyl (C=O) groups is 1. The fraction of sp³-hybridized carbons (Fsp3) is 0.333. The number of allylic oxidation sites excluding steroid dienone is 1. The Bertz CT molecular complexity index is 1010. The lowest BCUT2D eigenvalue weighted by Crippen LogP contribution is -2.49. The van der Waals surface area contributed by atoms with E-state index in [1.807, 2.05) is 18.2 Å². The van der Waals surface area contributed by atoms with Gasteiger partial charge < -0.3 is 4.90 Å². The van der Waals surface area contributed by atoms with Gasteiger partial charge in [-0.05, 0) is 98.4 Å². The molecule has 0 unspecified atom stereocenters. The summed E-state index contributed by atoms with van der Waals surface area (Å²) in [4.78, 5) is 14.8. The van der Waals surface area contributed by atoms with Crippen LogP contribution >= 0.6 is 15.9 Å². The van der Waals surface area contributed by atoms with Crippen LogP contribution in [0.25, 0.3) is 5.57 Å². The average Bonchev–Trinajstić information content (AvgIpc) is 2.61. The number of anilines is 1. The molecule has 5 heteroatoms. The maximum Gasteiger partial charge on any atom is 0.272 e. The molecule has 1 amide bonds. The molecular weight excluding hydrogens is 426 g/mol. The number of amides is 1. The van der Waals surface area contributed by atoms with Crippen LogP contribution in [0.1, 0.15) is 61.7 Å². The number of nitrogens with zero attached hydrogens (tertiary/aromatic N) is 2. The van der Waals surface area contributed by atoms with Gasteiger partial charge in [0, 0.05) is 21.8 Å². The second-order valence-electron chi connectivity index (χ2n) is 8.35. The van der Waals surface area contributed by atoms with E-state index >= 15 is 0 Å². The first-order chi connectivity index (χ1) is 13.6. The molecule has 1 heterocycles. The molecule has 2 aromatic rings. The number of benzene rings is 2.